The van der Waals surface area contributed by atoms with E-state index in [1.54, 1.807) is 12.3 Å². The average Bonchev–Trinajstić information content (AvgIpc) is 2.70. The van der Waals surface area contributed by atoms with E-state index in [2.05, 4.69) is 12.2 Å². The van der Waals surface area contributed by atoms with Crippen LogP contribution in [-0.2, 0) is 0 Å². The van der Waals surface area contributed by atoms with E-state index in [1.165, 1.54) is 18.6 Å². The van der Waals surface area contributed by atoms with E-state index >= 15 is 0 Å². The molecule has 1 aromatic heterocycles. The number of rotatable bonds is 6. The largest absolute Gasteiger partial charge is 0.472 e. The van der Waals surface area contributed by atoms with E-state index in [0.29, 0.717) is 5.56 Å². The van der Waals surface area contributed by atoms with Crippen LogP contribution in [0, 0.1) is 0 Å². The Labute approximate surface area is 83.8 Å². The van der Waals surface area contributed by atoms with Crippen molar-refractivity contribution < 1.29 is 9.21 Å². The third kappa shape index (κ3) is 3.47. The van der Waals surface area contributed by atoms with Crippen LogP contribution in [0.25, 0.3) is 0 Å². The molecule has 3 nitrogen and oxygen atoms in total. The number of unbranched alkanes of at least 4 members (excludes halogenated alkanes) is 1. The van der Waals surface area contributed by atoms with Crippen LogP contribution in [0.2, 0.25) is 0 Å². The van der Waals surface area contributed by atoms with Crippen LogP contribution >= 0.6 is 0 Å². The standard InChI is InChI=1S/C11H15NO2/c1-2-3-6-12-7-4-11(13)10-5-8-14-9-10/h4-5,7-9,12H,2-3,6H2,1H3/b7-4+. The van der Waals surface area contributed by atoms with E-state index in [1.807, 2.05) is 0 Å². The number of hydrogen-bond acceptors (Lipinski definition) is 3. The van der Waals surface area contributed by atoms with E-state index < -0.39 is 0 Å². The molecule has 0 unspecified atom stereocenters. The number of nitrogens with one attached hydrogen (secondary N) is 1. The molecule has 0 fully saturated rings. The van der Waals surface area contributed by atoms with Crippen LogP contribution < -0.4 is 5.32 Å². The van der Waals surface area contributed by atoms with Crippen molar-refractivity contribution in [2.24, 2.45) is 0 Å². The Morgan fingerprint density at radius 1 is 1.64 bits per heavy atom. The molecule has 0 saturated heterocycles. The maximum Gasteiger partial charge on any atom is 0.190 e. The molecule has 0 spiro atoms. The number of furan rings is 1. The first kappa shape index (κ1) is 10.6. The van der Waals surface area contributed by atoms with Gasteiger partial charge >= 0.3 is 0 Å². The van der Waals surface area contributed by atoms with Gasteiger partial charge < -0.3 is 9.73 Å². The molecule has 76 valence electrons. The van der Waals surface area contributed by atoms with Crippen LogP contribution in [0.1, 0.15) is 30.1 Å². The highest BCUT2D eigenvalue weighted by Crippen LogP contribution is 2.01. The van der Waals surface area contributed by atoms with Crippen LogP contribution in [0.3, 0.4) is 0 Å². The Bertz CT molecular complexity index is 288. The van der Waals surface area contributed by atoms with E-state index in [9.17, 15) is 4.79 Å². The van der Waals surface area contributed by atoms with Gasteiger partial charge in [0.2, 0.25) is 0 Å². The van der Waals surface area contributed by atoms with Crippen LogP contribution in [0.4, 0.5) is 0 Å². The van der Waals surface area contributed by atoms with E-state index in [-0.39, 0.29) is 5.78 Å². The zero-order valence-electron chi connectivity index (χ0n) is 8.32. The van der Waals surface area contributed by atoms with Crippen molar-refractivity contribution in [1.29, 1.82) is 0 Å². The first-order valence-corrected chi connectivity index (χ1v) is 4.81. The summed E-state index contributed by atoms with van der Waals surface area (Å²) < 4.78 is 4.81. The SMILES string of the molecule is CCCCN/C=C/C(=O)c1ccoc1. The van der Waals surface area contributed by atoms with Gasteiger partial charge in [-0.1, -0.05) is 13.3 Å². The molecule has 1 heterocycles. The van der Waals surface area contributed by atoms with Crippen molar-refractivity contribution in [3.63, 3.8) is 0 Å². The number of allylic oxidation sites excluding steroid dienone is 1. The molecule has 0 aromatic carbocycles. The maximum absolute atomic E-state index is 11.4. The predicted molar refractivity (Wildman–Crippen MR) is 55.1 cm³/mol. The first-order valence-electron chi connectivity index (χ1n) is 4.81. The lowest BCUT2D eigenvalue weighted by Crippen LogP contribution is -2.07. The fourth-order valence-electron chi connectivity index (χ4n) is 0.998. The minimum atomic E-state index is -0.0391. The van der Waals surface area contributed by atoms with E-state index in [0.717, 1.165) is 19.4 Å². The molecule has 1 N–H and O–H groups in total. The minimum Gasteiger partial charge on any atom is -0.472 e. The fourth-order valence-corrected chi connectivity index (χ4v) is 0.998. The predicted octanol–water partition coefficient (Wildman–Crippen LogP) is 2.37. The molecule has 0 aliphatic carbocycles. The van der Waals surface area contributed by atoms with Crippen molar-refractivity contribution in [3.8, 4) is 0 Å². The Morgan fingerprint density at radius 3 is 3.14 bits per heavy atom. The molecule has 0 aliphatic rings. The normalized spacial score (nSPS) is 10.6. The van der Waals surface area contributed by atoms with Crippen LogP contribution in [-0.4, -0.2) is 12.3 Å². The van der Waals surface area contributed by atoms with Crippen molar-refractivity contribution in [2.75, 3.05) is 6.54 Å². The second kappa shape index (κ2) is 6.02. The molecule has 14 heavy (non-hydrogen) atoms. The molecule has 1 rings (SSSR count). The minimum absolute atomic E-state index is 0.0391. The average molecular weight is 193 g/mol. The van der Waals surface area contributed by atoms with Gasteiger partial charge in [0.15, 0.2) is 5.78 Å². The lowest BCUT2D eigenvalue weighted by Gasteiger charge is -1.96. The number of carbonyl (C=O) groups excluding carboxylic acids is 1. The summed E-state index contributed by atoms with van der Waals surface area (Å²) in [5, 5.41) is 3.05. The number of ketones is 1. The van der Waals surface area contributed by atoms with Gasteiger partial charge in [-0.15, -0.1) is 0 Å². The fraction of sp³-hybridized carbons (Fsp3) is 0.364. The van der Waals surface area contributed by atoms with Crippen LogP contribution in [0.5, 0.6) is 0 Å². The summed E-state index contributed by atoms with van der Waals surface area (Å²) in [4.78, 5) is 11.4. The molecule has 0 radical (unpaired) electrons. The third-order valence-electron chi connectivity index (χ3n) is 1.83. The van der Waals surface area contributed by atoms with Crippen molar-refractivity contribution >= 4 is 5.78 Å². The zero-order valence-corrected chi connectivity index (χ0v) is 8.32. The molecule has 0 saturated carbocycles. The molecule has 1 aromatic rings. The number of hydrogen-bond donors (Lipinski definition) is 1. The smallest absolute Gasteiger partial charge is 0.190 e. The van der Waals surface area contributed by atoms with Gasteiger partial charge in [-0.2, -0.15) is 0 Å². The lowest BCUT2D eigenvalue weighted by molar-refractivity contribution is 0.104. The van der Waals surface area contributed by atoms with Crippen molar-refractivity contribution in [3.05, 3.63) is 36.4 Å². The summed E-state index contributed by atoms with van der Waals surface area (Å²) >= 11 is 0. The van der Waals surface area contributed by atoms with Gasteiger partial charge in [0.25, 0.3) is 0 Å². The molecule has 0 bridgehead atoms. The summed E-state index contributed by atoms with van der Waals surface area (Å²) in [5.74, 6) is -0.0391. The highest BCUT2D eigenvalue weighted by Gasteiger charge is 2.00. The van der Waals surface area contributed by atoms with E-state index in [4.69, 9.17) is 4.42 Å². The zero-order chi connectivity index (χ0) is 10.2. The van der Waals surface area contributed by atoms with Gasteiger partial charge in [-0.25, -0.2) is 0 Å². The summed E-state index contributed by atoms with van der Waals surface area (Å²) in [5.41, 5.74) is 0.582. The first-order chi connectivity index (χ1) is 6.84. The summed E-state index contributed by atoms with van der Waals surface area (Å²) in [6.07, 6.45) is 8.40. The second-order valence-corrected chi connectivity index (χ2v) is 3.02. The summed E-state index contributed by atoms with van der Waals surface area (Å²) in [7, 11) is 0. The molecule has 3 heteroatoms. The monoisotopic (exact) mass is 193 g/mol. The van der Waals surface area contributed by atoms with Gasteiger partial charge in [0.05, 0.1) is 11.8 Å². The van der Waals surface area contributed by atoms with Gasteiger partial charge in [0.1, 0.15) is 6.26 Å². The Morgan fingerprint density at radius 2 is 2.50 bits per heavy atom. The summed E-state index contributed by atoms with van der Waals surface area (Å²) in [6.45, 7) is 3.04. The Hall–Kier alpha value is -1.51. The van der Waals surface area contributed by atoms with Gasteiger partial charge in [-0.05, 0) is 12.5 Å². The maximum atomic E-state index is 11.4. The molecular weight excluding hydrogens is 178 g/mol. The lowest BCUT2D eigenvalue weighted by atomic mass is 10.2. The molecule has 0 atom stereocenters. The topological polar surface area (TPSA) is 42.2 Å². The second-order valence-electron chi connectivity index (χ2n) is 3.02. The highest BCUT2D eigenvalue weighted by molar-refractivity contribution is 6.04. The van der Waals surface area contributed by atoms with Gasteiger partial charge in [0, 0.05) is 18.8 Å². The number of carbonyl (C=O) groups is 1. The molecule has 0 aliphatic heterocycles. The van der Waals surface area contributed by atoms with Crippen LogP contribution in [0.15, 0.2) is 35.3 Å². The van der Waals surface area contributed by atoms with Crippen molar-refractivity contribution in [1.82, 2.24) is 5.32 Å². The molecular formula is C11H15NO2. The third-order valence-corrected chi connectivity index (χ3v) is 1.83. The quantitative estimate of drug-likeness (QED) is 0.428. The highest BCUT2D eigenvalue weighted by atomic mass is 16.3. The summed E-state index contributed by atoms with van der Waals surface area (Å²) in [6, 6.07) is 1.65. The Balaban J connectivity index is 2.27. The van der Waals surface area contributed by atoms with Gasteiger partial charge in [-0.3, -0.25) is 4.79 Å². The van der Waals surface area contributed by atoms with Crippen molar-refractivity contribution in [2.45, 2.75) is 19.8 Å². The Kier molecular flexibility index (Phi) is 4.55. The molecule has 0 amide bonds.